The van der Waals surface area contributed by atoms with Crippen LogP contribution in [0.5, 0.6) is 0 Å². The van der Waals surface area contributed by atoms with Gasteiger partial charge in [-0.25, -0.2) is 4.98 Å². The van der Waals surface area contributed by atoms with Crippen LogP contribution < -0.4 is 10.6 Å². The lowest BCUT2D eigenvalue weighted by Gasteiger charge is -2.12. The third-order valence-corrected chi connectivity index (χ3v) is 4.52. The Morgan fingerprint density at radius 2 is 1.92 bits per heavy atom. The van der Waals surface area contributed by atoms with E-state index in [0.29, 0.717) is 6.54 Å². The van der Waals surface area contributed by atoms with Crippen LogP contribution in [0.15, 0.2) is 30.3 Å². The van der Waals surface area contributed by atoms with E-state index in [2.05, 4.69) is 41.6 Å². The van der Waals surface area contributed by atoms with Crippen molar-refractivity contribution >= 4 is 42.1 Å². The number of carbonyl (C=O) groups excluding carboxylic acids is 1. The molecule has 0 saturated carbocycles. The van der Waals surface area contributed by atoms with Gasteiger partial charge in [0.1, 0.15) is 4.88 Å². The van der Waals surface area contributed by atoms with Gasteiger partial charge in [-0.15, -0.1) is 36.2 Å². The van der Waals surface area contributed by atoms with Crippen molar-refractivity contribution in [1.82, 2.24) is 15.6 Å². The van der Waals surface area contributed by atoms with Crippen molar-refractivity contribution in [2.24, 2.45) is 0 Å². The van der Waals surface area contributed by atoms with E-state index >= 15 is 0 Å². The first-order chi connectivity index (χ1) is 10.6. The number of amides is 1. The van der Waals surface area contributed by atoms with Crippen molar-refractivity contribution in [3.05, 3.63) is 51.5 Å². The summed E-state index contributed by atoms with van der Waals surface area (Å²) in [6.45, 7) is 7.54. The van der Waals surface area contributed by atoms with Crippen LogP contribution in [-0.4, -0.2) is 30.0 Å². The normalized spacial score (nSPS) is 11.1. The van der Waals surface area contributed by atoms with E-state index in [1.165, 1.54) is 16.9 Å². The fourth-order valence-electron chi connectivity index (χ4n) is 2.26. The van der Waals surface area contributed by atoms with E-state index < -0.39 is 0 Å². The van der Waals surface area contributed by atoms with Crippen LogP contribution in [0.2, 0.25) is 0 Å². The molecule has 1 atom stereocenters. The summed E-state index contributed by atoms with van der Waals surface area (Å²) >= 11 is 1.48. The zero-order chi connectivity index (χ0) is 15.9. The molecule has 0 bridgehead atoms. The topological polar surface area (TPSA) is 54.0 Å². The molecule has 0 aliphatic carbocycles. The van der Waals surface area contributed by atoms with E-state index in [-0.39, 0.29) is 36.8 Å². The largest absolute Gasteiger partial charge is 0.350 e. The number of aryl methyl sites for hydroxylation is 1. The second-order valence-corrected chi connectivity index (χ2v) is 6.44. The van der Waals surface area contributed by atoms with Crippen LogP contribution in [-0.2, 0) is 6.42 Å². The molecule has 2 aromatic rings. The van der Waals surface area contributed by atoms with Gasteiger partial charge in [0.05, 0.1) is 10.7 Å². The Morgan fingerprint density at radius 3 is 2.54 bits per heavy atom. The Morgan fingerprint density at radius 1 is 1.25 bits per heavy atom. The van der Waals surface area contributed by atoms with Crippen LogP contribution in [0, 0.1) is 6.92 Å². The average Bonchev–Trinajstić information content (AvgIpc) is 2.87. The van der Waals surface area contributed by atoms with Gasteiger partial charge >= 0.3 is 0 Å². The molecule has 4 nitrogen and oxygen atoms in total. The highest BCUT2D eigenvalue weighted by atomic mass is 35.5. The minimum Gasteiger partial charge on any atom is -0.350 e. The minimum absolute atomic E-state index is 0. The molecule has 1 aromatic heterocycles. The Labute approximate surface area is 160 Å². The number of nitrogens with zero attached hydrogens (tertiary/aromatic N) is 1. The van der Waals surface area contributed by atoms with Crippen molar-refractivity contribution in [2.75, 3.05) is 13.1 Å². The summed E-state index contributed by atoms with van der Waals surface area (Å²) in [5, 5.41) is 7.23. The van der Waals surface area contributed by atoms with E-state index in [0.717, 1.165) is 28.5 Å². The molecule has 24 heavy (non-hydrogen) atoms. The Bertz CT molecular complexity index is 620. The number of thiazole rings is 1. The van der Waals surface area contributed by atoms with E-state index in [9.17, 15) is 4.79 Å². The summed E-state index contributed by atoms with van der Waals surface area (Å²) in [7, 11) is 0. The first kappa shape index (κ1) is 22.9. The zero-order valence-electron chi connectivity index (χ0n) is 14.2. The molecular formula is C17H25Cl2N3OS. The standard InChI is InChI=1S/C17H23N3OS.2ClH/c1-4-18-12(2)11-19-17(21)16-13(3)20-15(22-16)10-14-8-6-5-7-9-14;;/h5-9,12,18H,4,10-11H2,1-3H3,(H,19,21);2*1H/t12-;;/m1../s1. The Hall–Kier alpha value is -1.14. The van der Waals surface area contributed by atoms with Gasteiger partial charge in [-0.2, -0.15) is 0 Å². The summed E-state index contributed by atoms with van der Waals surface area (Å²) in [5.74, 6) is -0.0286. The van der Waals surface area contributed by atoms with Crippen molar-refractivity contribution in [3.63, 3.8) is 0 Å². The number of hydrogen-bond donors (Lipinski definition) is 2. The molecule has 0 aliphatic heterocycles. The predicted octanol–water partition coefficient (Wildman–Crippen LogP) is 3.61. The van der Waals surface area contributed by atoms with Gasteiger partial charge < -0.3 is 10.6 Å². The SMILES string of the molecule is CCN[C@H](C)CNC(=O)c1sc(Cc2ccccc2)nc1C.Cl.Cl. The van der Waals surface area contributed by atoms with Crippen LogP contribution in [0.3, 0.4) is 0 Å². The first-order valence-corrected chi connectivity index (χ1v) is 8.43. The zero-order valence-corrected chi connectivity index (χ0v) is 16.6. The summed E-state index contributed by atoms with van der Waals surface area (Å²) in [4.78, 5) is 17.5. The molecule has 0 unspecified atom stereocenters. The summed E-state index contributed by atoms with van der Waals surface area (Å²) in [6.07, 6.45) is 0.771. The smallest absolute Gasteiger partial charge is 0.263 e. The second-order valence-electron chi connectivity index (χ2n) is 5.35. The Kier molecular flexibility index (Phi) is 10.9. The lowest BCUT2D eigenvalue weighted by Crippen LogP contribution is -2.38. The number of likely N-dealkylation sites (N-methyl/N-ethyl adjacent to an activating group) is 1. The minimum atomic E-state index is -0.0286. The summed E-state index contributed by atoms with van der Waals surface area (Å²) in [5.41, 5.74) is 2.02. The van der Waals surface area contributed by atoms with Crippen molar-refractivity contribution in [1.29, 1.82) is 0 Å². The molecular weight excluding hydrogens is 365 g/mol. The van der Waals surface area contributed by atoms with E-state index in [4.69, 9.17) is 0 Å². The molecule has 0 radical (unpaired) electrons. The van der Waals surface area contributed by atoms with Gasteiger partial charge in [-0.05, 0) is 26.0 Å². The summed E-state index contributed by atoms with van der Waals surface area (Å²) in [6, 6.07) is 10.5. The van der Waals surface area contributed by atoms with E-state index in [1.54, 1.807) is 0 Å². The van der Waals surface area contributed by atoms with Gasteiger partial charge in [0, 0.05) is 19.0 Å². The summed E-state index contributed by atoms with van der Waals surface area (Å²) < 4.78 is 0. The average molecular weight is 390 g/mol. The molecule has 134 valence electrons. The van der Waals surface area contributed by atoms with Gasteiger partial charge in [-0.1, -0.05) is 37.3 Å². The fourth-order valence-corrected chi connectivity index (χ4v) is 3.27. The number of benzene rings is 1. The number of hydrogen-bond acceptors (Lipinski definition) is 4. The first-order valence-electron chi connectivity index (χ1n) is 7.62. The van der Waals surface area contributed by atoms with Gasteiger partial charge in [0.2, 0.25) is 0 Å². The maximum Gasteiger partial charge on any atom is 0.263 e. The number of carbonyl (C=O) groups is 1. The predicted molar refractivity (Wildman–Crippen MR) is 106 cm³/mol. The van der Waals surface area contributed by atoms with Crippen molar-refractivity contribution in [3.8, 4) is 0 Å². The lowest BCUT2D eigenvalue weighted by molar-refractivity contribution is 0.0953. The Balaban J connectivity index is 0.00000264. The van der Waals surface area contributed by atoms with Gasteiger partial charge in [0.25, 0.3) is 5.91 Å². The molecule has 2 rings (SSSR count). The molecule has 0 spiro atoms. The molecule has 0 aliphatic rings. The number of nitrogens with one attached hydrogen (secondary N) is 2. The maximum absolute atomic E-state index is 12.3. The van der Waals surface area contributed by atoms with Crippen LogP contribution in [0.1, 0.15) is 39.8 Å². The molecule has 0 saturated heterocycles. The van der Waals surface area contributed by atoms with Crippen LogP contribution in [0.4, 0.5) is 0 Å². The molecule has 2 N–H and O–H groups in total. The highest BCUT2D eigenvalue weighted by Crippen LogP contribution is 2.20. The third-order valence-electron chi connectivity index (χ3n) is 3.37. The van der Waals surface area contributed by atoms with Crippen LogP contribution in [0.25, 0.3) is 0 Å². The molecule has 1 amide bonds. The molecule has 7 heteroatoms. The van der Waals surface area contributed by atoms with Crippen molar-refractivity contribution < 1.29 is 4.79 Å². The highest BCUT2D eigenvalue weighted by Gasteiger charge is 2.15. The van der Waals surface area contributed by atoms with Gasteiger partial charge in [0.15, 0.2) is 0 Å². The molecule has 0 fully saturated rings. The fraction of sp³-hybridized carbons (Fsp3) is 0.412. The van der Waals surface area contributed by atoms with Gasteiger partial charge in [-0.3, -0.25) is 4.79 Å². The second kappa shape index (κ2) is 11.4. The lowest BCUT2D eigenvalue weighted by atomic mass is 10.2. The monoisotopic (exact) mass is 389 g/mol. The van der Waals surface area contributed by atoms with Crippen LogP contribution >= 0.6 is 36.2 Å². The number of aromatic nitrogens is 1. The number of rotatable bonds is 7. The highest BCUT2D eigenvalue weighted by molar-refractivity contribution is 7.13. The van der Waals surface area contributed by atoms with Crippen molar-refractivity contribution in [2.45, 2.75) is 33.2 Å². The molecule has 1 heterocycles. The third kappa shape index (κ3) is 6.77. The van der Waals surface area contributed by atoms with E-state index in [1.807, 2.05) is 25.1 Å². The molecule has 1 aromatic carbocycles. The number of halogens is 2. The maximum atomic E-state index is 12.3. The quantitative estimate of drug-likeness (QED) is 0.760.